The van der Waals surface area contributed by atoms with E-state index in [4.69, 9.17) is 18.0 Å². The molecule has 0 N–H and O–H groups in total. The normalized spacial score (nSPS) is 8.92. The van der Waals surface area contributed by atoms with Crippen molar-refractivity contribution in [2.45, 2.75) is 6.61 Å². The standard InChI is InChI=1S/C10H7ClO2/c1-2-8-4-3-5-9(6-8)7-13-10(11)12/h1,3-6H,7H2. The maximum absolute atomic E-state index is 10.3. The molecule has 13 heavy (non-hydrogen) atoms. The van der Waals surface area contributed by atoms with E-state index < -0.39 is 5.43 Å². The Morgan fingerprint density at radius 3 is 3.00 bits per heavy atom. The van der Waals surface area contributed by atoms with Crippen LogP contribution in [0.15, 0.2) is 24.3 Å². The molecule has 0 aromatic heterocycles. The first-order valence-electron chi connectivity index (χ1n) is 3.60. The van der Waals surface area contributed by atoms with Gasteiger partial charge in [-0.1, -0.05) is 18.1 Å². The zero-order valence-corrected chi connectivity index (χ0v) is 7.54. The van der Waals surface area contributed by atoms with Crippen molar-refractivity contribution < 1.29 is 9.53 Å². The summed E-state index contributed by atoms with van der Waals surface area (Å²) in [5.74, 6) is 2.48. The fourth-order valence-corrected chi connectivity index (χ4v) is 0.946. The largest absolute Gasteiger partial charge is 0.449 e. The van der Waals surface area contributed by atoms with Crippen LogP contribution in [-0.4, -0.2) is 5.43 Å². The van der Waals surface area contributed by atoms with E-state index in [9.17, 15) is 4.79 Å². The number of halogens is 1. The van der Waals surface area contributed by atoms with Gasteiger partial charge in [0.2, 0.25) is 0 Å². The summed E-state index contributed by atoms with van der Waals surface area (Å²) in [6.07, 6.45) is 5.19. The van der Waals surface area contributed by atoms with E-state index in [1.807, 2.05) is 0 Å². The molecule has 3 heteroatoms. The Balaban J connectivity index is 2.68. The molecule has 0 fully saturated rings. The third kappa shape index (κ3) is 3.18. The van der Waals surface area contributed by atoms with Gasteiger partial charge in [0.25, 0.3) is 0 Å². The van der Waals surface area contributed by atoms with E-state index in [1.54, 1.807) is 24.3 Å². The van der Waals surface area contributed by atoms with Gasteiger partial charge in [-0.15, -0.1) is 6.42 Å². The highest BCUT2D eigenvalue weighted by atomic mass is 35.5. The first-order chi connectivity index (χ1) is 6.22. The molecule has 0 bridgehead atoms. The van der Waals surface area contributed by atoms with Gasteiger partial charge in [-0.2, -0.15) is 0 Å². The molecule has 0 aliphatic heterocycles. The number of rotatable bonds is 2. The summed E-state index contributed by atoms with van der Waals surface area (Å²) in [6.45, 7) is 0.151. The second-order valence-electron chi connectivity index (χ2n) is 2.37. The fraction of sp³-hybridized carbons (Fsp3) is 0.100. The summed E-state index contributed by atoms with van der Waals surface area (Å²) in [4.78, 5) is 10.3. The maximum Gasteiger partial charge on any atom is 0.404 e. The van der Waals surface area contributed by atoms with Gasteiger partial charge in [-0.25, -0.2) is 4.79 Å². The van der Waals surface area contributed by atoms with E-state index in [-0.39, 0.29) is 6.61 Å². The Morgan fingerprint density at radius 2 is 2.38 bits per heavy atom. The van der Waals surface area contributed by atoms with Crippen LogP contribution in [-0.2, 0) is 11.3 Å². The zero-order chi connectivity index (χ0) is 9.68. The molecule has 0 heterocycles. The van der Waals surface area contributed by atoms with Gasteiger partial charge in [0.1, 0.15) is 6.61 Å². The smallest absolute Gasteiger partial charge is 0.404 e. The lowest BCUT2D eigenvalue weighted by Crippen LogP contribution is -1.94. The quantitative estimate of drug-likeness (QED) is 0.534. The minimum atomic E-state index is -0.814. The molecule has 0 radical (unpaired) electrons. The van der Waals surface area contributed by atoms with E-state index in [1.165, 1.54) is 0 Å². The Morgan fingerprint density at radius 1 is 1.62 bits per heavy atom. The number of carbonyl (C=O) groups is 1. The summed E-state index contributed by atoms with van der Waals surface area (Å²) in [7, 11) is 0. The minimum Gasteiger partial charge on any atom is -0.449 e. The van der Waals surface area contributed by atoms with Gasteiger partial charge < -0.3 is 4.74 Å². The molecule has 0 aliphatic rings. The van der Waals surface area contributed by atoms with Crippen LogP contribution in [0.4, 0.5) is 4.79 Å². The Bertz CT molecular complexity index is 352. The molecule has 2 nitrogen and oxygen atoms in total. The number of hydrogen-bond acceptors (Lipinski definition) is 2. The SMILES string of the molecule is C#Cc1cccc(COC(=O)Cl)c1. The predicted molar refractivity (Wildman–Crippen MR) is 50.4 cm³/mol. The monoisotopic (exact) mass is 194 g/mol. The van der Waals surface area contributed by atoms with Gasteiger partial charge >= 0.3 is 5.43 Å². The number of carbonyl (C=O) groups excluding carboxylic acids is 1. The Kier molecular flexibility index (Phi) is 3.36. The highest BCUT2D eigenvalue weighted by Gasteiger charge is 1.97. The molecule has 0 spiro atoms. The number of ether oxygens (including phenoxy) is 1. The molecule has 0 atom stereocenters. The van der Waals surface area contributed by atoms with Crippen LogP contribution >= 0.6 is 11.6 Å². The third-order valence-corrected chi connectivity index (χ3v) is 1.56. The van der Waals surface area contributed by atoms with Crippen molar-refractivity contribution in [3.63, 3.8) is 0 Å². The zero-order valence-electron chi connectivity index (χ0n) is 6.79. The summed E-state index contributed by atoms with van der Waals surface area (Å²) >= 11 is 5.00. The molecule has 1 aromatic rings. The van der Waals surface area contributed by atoms with Crippen molar-refractivity contribution in [1.29, 1.82) is 0 Å². The van der Waals surface area contributed by atoms with Crippen LogP contribution in [0.25, 0.3) is 0 Å². The maximum atomic E-state index is 10.3. The van der Waals surface area contributed by atoms with Crippen molar-refractivity contribution >= 4 is 17.0 Å². The van der Waals surface area contributed by atoms with E-state index in [0.29, 0.717) is 0 Å². The third-order valence-electron chi connectivity index (χ3n) is 1.45. The molecule has 0 saturated heterocycles. The van der Waals surface area contributed by atoms with Crippen LogP contribution in [0, 0.1) is 12.3 Å². The fourth-order valence-electron chi connectivity index (χ4n) is 0.891. The van der Waals surface area contributed by atoms with E-state index in [2.05, 4.69) is 10.7 Å². The Labute approximate surface area is 81.5 Å². The summed E-state index contributed by atoms with van der Waals surface area (Å²) < 4.78 is 4.59. The van der Waals surface area contributed by atoms with Crippen LogP contribution in [0.5, 0.6) is 0 Å². The second kappa shape index (κ2) is 4.54. The van der Waals surface area contributed by atoms with Crippen molar-refractivity contribution in [3.05, 3.63) is 35.4 Å². The molecule has 0 aliphatic carbocycles. The molecule has 1 rings (SSSR count). The average Bonchev–Trinajstić information content (AvgIpc) is 2.15. The van der Waals surface area contributed by atoms with Crippen molar-refractivity contribution in [2.75, 3.05) is 0 Å². The molecular formula is C10H7ClO2. The van der Waals surface area contributed by atoms with Gasteiger partial charge in [-0.05, 0) is 17.7 Å². The summed E-state index contributed by atoms with van der Waals surface area (Å²) in [6, 6.07) is 7.17. The van der Waals surface area contributed by atoms with Crippen molar-refractivity contribution in [3.8, 4) is 12.3 Å². The van der Waals surface area contributed by atoms with Crippen LogP contribution in [0.3, 0.4) is 0 Å². The molecule has 0 unspecified atom stereocenters. The summed E-state index contributed by atoms with van der Waals surface area (Å²) in [5, 5.41) is 0. The number of terminal acetylenes is 1. The molecular weight excluding hydrogens is 188 g/mol. The van der Waals surface area contributed by atoms with Crippen LogP contribution < -0.4 is 0 Å². The van der Waals surface area contributed by atoms with Crippen LogP contribution in [0.2, 0.25) is 0 Å². The number of hydrogen-bond donors (Lipinski definition) is 0. The van der Waals surface area contributed by atoms with Gasteiger partial charge in [0, 0.05) is 17.2 Å². The minimum absolute atomic E-state index is 0.151. The lowest BCUT2D eigenvalue weighted by Gasteiger charge is -2.00. The van der Waals surface area contributed by atoms with Crippen molar-refractivity contribution in [2.24, 2.45) is 0 Å². The highest BCUT2D eigenvalue weighted by molar-refractivity contribution is 6.61. The first kappa shape index (κ1) is 9.63. The van der Waals surface area contributed by atoms with Crippen LogP contribution in [0.1, 0.15) is 11.1 Å². The van der Waals surface area contributed by atoms with Gasteiger partial charge in [0.15, 0.2) is 0 Å². The van der Waals surface area contributed by atoms with Crippen molar-refractivity contribution in [1.82, 2.24) is 0 Å². The molecule has 66 valence electrons. The number of benzene rings is 1. The molecule has 0 amide bonds. The predicted octanol–water partition coefficient (Wildman–Crippen LogP) is 2.54. The highest BCUT2D eigenvalue weighted by Crippen LogP contribution is 2.06. The lowest BCUT2D eigenvalue weighted by atomic mass is 10.1. The van der Waals surface area contributed by atoms with E-state index in [0.717, 1.165) is 11.1 Å². The first-order valence-corrected chi connectivity index (χ1v) is 3.98. The molecule has 1 aromatic carbocycles. The Hall–Kier alpha value is -1.46. The lowest BCUT2D eigenvalue weighted by molar-refractivity contribution is 0.167. The second-order valence-corrected chi connectivity index (χ2v) is 2.68. The van der Waals surface area contributed by atoms with Gasteiger partial charge in [0.05, 0.1) is 0 Å². The summed E-state index contributed by atoms with van der Waals surface area (Å²) in [5.41, 5.74) is 0.763. The topological polar surface area (TPSA) is 26.3 Å². The molecule has 0 saturated carbocycles. The average molecular weight is 195 g/mol. The van der Waals surface area contributed by atoms with E-state index >= 15 is 0 Å². The van der Waals surface area contributed by atoms with Gasteiger partial charge in [-0.3, -0.25) is 0 Å².